The number of nitrogens with zero attached hydrogens (tertiary/aromatic N) is 3. The van der Waals surface area contributed by atoms with Crippen molar-refractivity contribution >= 4 is 50.9 Å². The van der Waals surface area contributed by atoms with E-state index in [1.54, 1.807) is 41.5 Å². The van der Waals surface area contributed by atoms with Gasteiger partial charge in [0.15, 0.2) is 4.80 Å². The monoisotopic (exact) mass is 445 g/mol. The minimum Gasteiger partial charge on any atom is -0.465 e. The Bertz CT molecular complexity index is 1170. The maximum atomic E-state index is 12.7. The molecule has 0 saturated carbocycles. The smallest absolute Gasteiger partial charge is 0.326 e. The predicted molar refractivity (Wildman–Crippen MR) is 116 cm³/mol. The Balaban J connectivity index is 2.06. The lowest BCUT2D eigenvalue weighted by Crippen LogP contribution is -2.23. The van der Waals surface area contributed by atoms with Crippen molar-refractivity contribution in [3.05, 3.63) is 62.9 Å². The van der Waals surface area contributed by atoms with Crippen LogP contribution in [-0.4, -0.2) is 33.7 Å². The quantitative estimate of drug-likeness (QED) is 0.235. The summed E-state index contributed by atoms with van der Waals surface area (Å²) in [7, 11) is 0. The van der Waals surface area contributed by atoms with Crippen LogP contribution < -0.4 is 4.80 Å². The fourth-order valence-electron chi connectivity index (χ4n) is 2.76. The van der Waals surface area contributed by atoms with E-state index in [9.17, 15) is 19.7 Å². The molecule has 10 heteroatoms. The highest BCUT2D eigenvalue weighted by atomic mass is 32.2. The van der Waals surface area contributed by atoms with Gasteiger partial charge in [0.25, 0.3) is 11.6 Å². The Morgan fingerprint density at radius 2 is 1.93 bits per heavy atom. The van der Waals surface area contributed by atoms with E-state index < -0.39 is 16.8 Å². The summed E-state index contributed by atoms with van der Waals surface area (Å²) < 4.78 is 7.11. The van der Waals surface area contributed by atoms with Crippen molar-refractivity contribution in [3.63, 3.8) is 0 Å². The molecule has 8 nitrogen and oxygen atoms in total. The molecular weight excluding hydrogens is 426 g/mol. The highest BCUT2D eigenvalue weighted by molar-refractivity contribution is 7.99. The van der Waals surface area contributed by atoms with Crippen LogP contribution in [0, 0.1) is 10.1 Å². The van der Waals surface area contributed by atoms with E-state index >= 15 is 0 Å². The Morgan fingerprint density at radius 3 is 2.57 bits per heavy atom. The molecule has 0 aliphatic heterocycles. The van der Waals surface area contributed by atoms with Gasteiger partial charge in [0.1, 0.15) is 6.54 Å². The molecule has 0 bridgehead atoms. The number of aromatic nitrogens is 1. The fourth-order valence-corrected chi connectivity index (χ4v) is 4.48. The second-order valence-corrected chi connectivity index (χ2v) is 8.41. The summed E-state index contributed by atoms with van der Waals surface area (Å²) in [5.41, 5.74) is 0.912. The number of esters is 1. The molecule has 0 N–H and O–H groups in total. The lowest BCUT2D eigenvalue weighted by atomic mass is 10.2. The molecule has 0 aliphatic rings. The summed E-state index contributed by atoms with van der Waals surface area (Å²) in [4.78, 5) is 40.9. The average Bonchev–Trinajstić information content (AvgIpc) is 3.05. The summed E-state index contributed by atoms with van der Waals surface area (Å²) in [5, 5.41) is 11.1. The molecule has 0 atom stereocenters. The number of non-ortho nitro benzene ring substituents is 1. The Morgan fingerprint density at radius 1 is 1.20 bits per heavy atom. The van der Waals surface area contributed by atoms with Crippen molar-refractivity contribution in [3.8, 4) is 0 Å². The van der Waals surface area contributed by atoms with Crippen LogP contribution in [0.4, 0.5) is 5.69 Å². The van der Waals surface area contributed by atoms with Crippen molar-refractivity contribution < 1.29 is 19.2 Å². The van der Waals surface area contributed by atoms with E-state index in [4.69, 9.17) is 4.74 Å². The van der Waals surface area contributed by atoms with Crippen LogP contribution in [0.15, 0.2) is 52.4 Å². The Kier molecular flexibility index (Phi) is 7.01. The molecule has 1 heterocycles. The highest BCUT2D eigenvalue weighted by Crippen LogP contribution is 2.23. The Hall–Kier alpha value is -2.98. The van der Waals surface area contributed by atoms with Crippen molar-refractivity contribution in [2.75, 3.05) is 12.4 Å². The standard InChI is InChI=1S/C20H19N3O5S2/c1-3-28-18(24)12-22-16-10-7-14(23(26)27)11-17(16)30-20(22)21-19(25)13-5-8-15(9-6-13)29-4-2/h5-11H,3-4,12H2,1-2H3. The zero-order chi connectivity index (χ0) is 21.7. The Labute approximate surface area is 180 Å². The third kappa shape index (κ3) is 4.95. The van der Waals surface area contributed by atoms with E-state index in [1.807, 2.05) is 19.1 Å². The largest absolute Gasteiger partial charge is 0.465 e. The third-order valence-corrected chi connectivity index (χ3v) is 6.01. The predicted octanol–water partition coefficient (Wildman–Crippen LogP) is 4.03. The van der Waals surface area contributed by atoms with Gasteiger partial charge in [-0.05, 0) is 43.0 Å². The first kappa shape index (κ1) is 21.7. The second kappa shape index (κ2) is 9.68. The summed E-state index contributed by atoms with van der Waals surface area (Å²) in [6, 6.07) is 11.4. The van der Waals surface area contributed by atoms with Gasteiger partial charge in [0.2, 0.25) is 0 Å². The lowest BCUT2D eigenvalue weighted by Gasteiger charge is -2.05. The number of nitro groups is 1. The zero-order valence-corrected chi connectivity index (χ0v) is 18.0. The van der Waals surface area contributed by atoms with E-state index in [2.05, 4.69) is 4.99 Å². The third-order valence-electron chi connectivity index (χ3n) is 4.08. The van der Waals surface area contributed by atoms with E-state index in [-0.39, 0.29) is 23.6 Å². The van der Waals surface area contributed by atoms with E-state index in [0.29, 0.717) is 15.8 Å². The molecule has 0 spiro atoms. The molecule has 0 radical (unpaired) electrons. The van der Waals surface area contributed by atoms with Crippen LogP contribution in [0.25, 0.3) is 10.2 Å². The maximum Gasteiger partial charge on any atom is 0.326 e. The maximum absolute atomic E-state index is 12.7. The summed E-state index contributed by atoms with van der Waals surface area (Å²) in [6.45, 7) is 3.82. The summed E-state index contributed by atoms with van der Waals surface area (Å²) >= 11 is 2.78. The molecule has 1 aromatic heterocycles. The van der Waals surface area contributed by atoms with Crippen LogP contribution in [-0.2, 0) is 16.1 Å². The molecule has 2 aromatic carbocycles. The topological polar surface area (TPSA) is 104 Å². The first-order valence-corrected chi connectivity index (χ1v) is 11.0. The van der Waals surface area contributed by atoms with Gasteiger partial charge < -0.3 is 9.30 Å². The molecule has 3 aromatic rings. The van der Waals surface area contributed by atoms with Crippen LogP contribution in [0.3, 0.4) is 0 Å². The number of nitro benzene ring substituents is 1. The van der Waals surface area contributed by atoms with Crippen LogP contribution in [0.2, 0.25) is 0 Å². The van der Waals surface area contributed by atoms with Crippen molar-refractivity contribution in [1.82, 2.24) is 4.57 Å². The zero-order valence-electron chi connectivity index (χ0n) is 16.4. The van der Waals surface area contributed by atoms with Crippen LogP contribution >= 0.6 is 23.1 Å². The van der Waals surface area contributed by atoms with Crippen LogP contribution in [0.1, 0.15) is 24.2 Å². The molecule has 156 valence electrons. The molecule has 0 saturated heterocycles. The van der Waals surface area contributed by atoms with Crippen LogP contribution in [0.5, 0.6) is 0 Å². The molecule has 30 heavy (non-hydrogen) atoms. The number of ether oxygens (including phenoxy) is 1. The highest BCUT2D eigenvalue weighted by Gasteiger charge is 2.16. The van der Waals surface area contributed by atoms with Gasteiger partial charge in [-0.2, -0.15) is 4.99 Å². The minimum absolute atomic E-state index is 0.0751. The molecule has 0 aliphatic carbocycles. The van der Waals surface area contributed by atoms with E-state index in [0.717, 1.165) is 22.0 Å². The molecule has 3 rings (SSSR count). The number of carbonyl (C=O) groups excluding carboxylic acids is 2. The number of thiazole rings is 1. The molecule has 0 unspecified atom stereocenters. The number of amides is 1. The molecule has 0 fully saturated rings. The minimum atomic E-state index is -0.493. The summed E-state index contributed by atoms with van der Waals surface area (Å²) in [6.07, 6.45) is 0. The van der Waals surface area contributed by atoms with Gasteiger partial charge in [0.05, 0.1) is 21.7 Å². The van der Waals surface area contributed by atoms with Gasteiger partial charge in [-0.25, -0.2) is 0 Å². The van der Waals surface area contributed by atoms with Crippen molar-refractivity contribution in [2.45, 2.75) is 25.3 Å². The number of carbonyl (C=O) groups is 2. The van der Waals surface area contributed by atoms with Gasteiger partial charge in [-0.15, -0.1) is 11.8 Å². The SMILES string of the molecule is CCOC(=O)Cn1c(=NC(=O)c2ccc(SCC)cc2)sc2cc([N+](=O)[O-])ccc21. The molecule has 1 amide bonds. The van der Waals surface area contributed by atoms with Gasteiger partial charge >= 0.3 is 5.97 Å². The normalized spacial score (nSPS) is 11.6. The van der Waals surface area contributed by atoms with Gasteiger partial charge in [-0.3, -0.25) is 19.7 Å². The lowest BCUT2D eigenvalue weighted by molar-refractivity contribution is -0.384. The number of thioether (sulfide) groups is 1. The van der Waals surface area contributed by atoms with E-state index in [1.165, 1.54) is 12.1 Å². The van der Waals surface area contributed by atoms with Gasteiger partial charge in [-0.1, -0.05) is 18.3 Å². The van der Waals surface area contributed by atoms with Crippen molar-refractivity contribution in [1.29, 1.82) is 0 Å². The van der Waals surface area contributed by atoms with Gasteiger partial charge in [0, 0.05) is 22.6 Å². The first-order chi connectivity index (χ1) is 14.4. The molecular formula is C20H19N3O5S2. The number of fused-ring (bicyclic) bond motifs is 1. The average molecular weight is 446 g/mol. The number of hydrogen-bond acceptors (Lipinski definition) is 7. The fraction of sp³-hybridized carbons (Fsp3) is 0.250. The van der Waals surface area contributed by atoms with Crippen molar-refractivity contribution in [2.24, 2.45) is 4.99 Å². The number of benzene rings is 2. The second-order valence-electron chi connectivity index (χ2n) is 6.06. The summed E-state index contributed by atoms with van der Waals surface area (Å²) in [5.74, 6) is -0.00785. The number of rotatable bonds is 7. The number of hydrogen-bond donors (Lipinski definition) is 0. The first-order valence-electron chi connectivity index (χ1n) is 9.18.